The molecule has 1 aliphatic heterocycles. The second kappa shape index (κ2) is 7.15. The van der Waals surface area contributed by atoms with Crippen LogP contribution in [0.15, 0.2) is 24.3 Å². The highest BCUT2D eigenvalue weighted by molar-refractivity contribution is 5.21. The highest BCUT2D eigenvalue weighted by atomic mass is 19.1. The van der Waals surface area contributed by atoms with Crippen LogP contribution in [0.1, 0.15) is 24.8 Å². The average molecular weight is 248 g/mol. The van der Waals surface area contributed by atoms with Crippen LogP contribution in [0.3, 0.4) is 0 Å². The molecule has 1 unspecified atom stereocenters. The molecule has 0 amide bonds. The van der Waals surface area contributed by atoms with Gasteiger partial charge in [-0.2, -0.15) is 0 Å². The minimum atomic E-state index is -0.218. The van der Waals surface area contributed by atoms with Gasteiger partial charge in [-0.3, -0.25) is 0 Å². The molecule has 0 aromatic heterocycles. The van der Waals surface area contributed by atoms with E-state index >= 15 is 0 Å². The van der Waals surface area contributed by atoms with E-state index in [1.54, 1.807) is 12.1 Å². The van der Waals surface area contributed by atoms with Crippen molar-refractivity contribution in [3.05, 3.63) is 35.6 Å². The molecule has 3 heteroatoms. The Balaban J connectivity index is 1.67. The third-order valence-corrected chi connectivity index (χ3v) is 2.81. The molecule has 0 saturated carbocycles. The van der Waals surface area contributed by atoms with E-state index in [1.807, 2.05) is 0 Å². The predicted octanol–water partition coefficient (Wildman–Crippen LogP) is 2.91. The maximum atomic E-state index is 12.7. The van der Waals surface area contributed by atoms with Crippen LogP contribution in [0.5, 0.6) is 0 Å². The first kappa shape index (κ1) is 13.1. The Bertz CT molecular complexity index is 410. The standard InChI is InChI=1S/C15H17FO2/c16-14-9-7-13(8-10-14)5-1-3-11-17-15-6-2-4-12-18-15/h7-10,15H,2,4-6,11-12H2. The van der Waals surface area contributed by atoms with Crippen LogP contribution in [-0.2, 0) is 15.9 Å². The average Bonchev–Trinajstić information content (AvgIpc) is 2.42. The fourth-order valence-electron chi connectivity index (χ4n) is 1.80. The third-order valence-electron chi connectivity index (χ3n) is 2.81. The number of hydrogen-bond acceptors (Lipinski definition) is 2. The Labute approximate surface area is 107 Å². The van der Waals surface area contributed by atoms with E-state index in [2.05, 4.69) is 11.8 Å². The second-order valence-corrected chi connectivity index (χ2v) is 4.26. The molecular formula is C15H17FO2. The Hall–Kier alpha value is -1.37. The Morgan fingerprint density at radius 1 is 1.22 bits per heavy atom. The highest BCUT2D eigenvalue weighted by Crippen LogP contribution is 2.13. The summed E-state index contributed by atoms with van der Waals surface area (Å²) in [5, 5.41) is 0. The molecule has 0 spiro atoms. The van der Waals surface area contributed by atoms with E-state index in [-0.39, 0.29) is 12.1 Å². The molecule has 1 saturated heterocycles. The fraction of sp³-hybridized carbons (Fsp3) is 0.467. The zero-order valence-corrected chi connectivity index (χ0v) is 10.3. The molecule has 96 valence electrons. The minimum Gasteiger partial charge on any atom is -0.353 e. The summed E-state index contributed by atoms with van der Waals surface area (Å²) in [6.45, 7) is 1.18. The highest BCUT2D eigenvalue weighted by Gasteiger charge is 2.12. The topological polar surface area (TPSA) is 18.5 Å². The first-order chi connectivity index (χ1) is 8.84. The molecule has 0 aliphatic carbocycles. The summed E-state index contributed by atoms with van der Waals surface area (Å²) in [6.07, 6.45) is 3.78. The first-order valence-corrected chi connectivity index (χ1v) is 6.28. The molecule has 18 heavy (non-hydrogen) atoms. The molecule has 2 rings (SSSR count). The molecule has 0 N–H and O–H groups in total. The summed E-state index contributed by atoms with van der Waals surface area (Å²) in [6, 6.07) is 6.39. The van der Waals surface area contributed by atoms with Gasteiger partial charge in [-0.15, -0.1) is 0 Å². The zero-order valence-electron chi connectivity index (χ0n) is 10.3. The van der Waals surface area contributed by atoms with Crippen molar-refractivity contribution in [1.29, 1.82) is 0 Å². The molecule has 0 bridgehead atoms. The summed E-state index contributed by atoms with van der Waals surface area (Å²) < 4.78 is 23.6. The summed E-state index contributed by atoms with van der Waals surface area (Å²) in [7, 11) is 0. The van der Waals surface area contributed by atoms with Gasteiger partial charge in [0, 0.05) is 13.0 Å². The van der Waals surface area contributed by atoms with Crippen molar-refractivity contribution < 1.29 is 13.9 Å². The third kappa shape index (κ3) is 4.48. The molecule has 1 aliphatic rings. The van der Waals surface area contributed by atoms with Crippen LogP contribution in [0.25, 0.3) is 0 Å². The zero-order chi connectivity index (χ0) is 12.6. The van der Waals surface area contributed by atoms with Crippen molar-refractivity contribution in [3.63, 3.8) is 0 Å². The minimum absolute atomic E-state index is 0.0844. The monoisotopic (exact) mass is 248 g/mol. The molecule has 1 fully saturated rings. The normalized spacial score (nSPS) is 19.1. The van der Waals surface area contributed by atoms with Crippen molar-refractivity contribution in [3.8, 4) is 11.8 Å². The molecule has 1 aromatic carbocycles. The van der Waals surface area contributed by atoms with E-state index in [4.69, 9.17) is 9.47 Å². The molecular weight excluding hydrogens is 231 g/mol. The lowest BCUT2D eigenvalue weighted by Gasteiger charge is -2.21. The van der Waals surface area contributed by atoms with E-state index < -0.39 is 0 Å². The number of rotatable bonds is 3. The Morgan fingerprint density at radius 3 is 2.78 bits per heavy atom. The maximum Gasteiger partial charge on any atom is 0.158 e. The largest absolute Gasteiger partial charge is 0.353 e. The van der Waals surface area contributed by atoms with Crippen molar-refractivity contribution >= 4 is 0 Å². The summed E-state index contributed by atoms with van der Waals surface area (Å²) >= 11 is 0. The number of benzene rings is 1. The van der Waals surface area contributed by atoms with Gasteiger partial charge < -0.3 is 9.47 Å². The van der Waals surface area contributed by atoms with Crippen molar-refractivity contribution in [1.82, 2.24) is 0 Å². The molecule has 1 aromatic rings. The fourth-order valence-corrected chi connectivity index (χ4v) is 1.80. The van der Waals surface area contributed by atoms with Gasteiger partial charge in [0.05, 0.1) is 0 Å². The van der Waals surface area contributed by atoms with E-state index in [0.717, 1.165) is 31.4 Å². The van der Waals surface area contributed by atoms with Crippen LogP contribution in [-0.4, -0.2) is 19.5 Å². The number of hydrogen-bond donors (Lipinski definition) is 0. The lowest BCUT2D eigenvalue weighted by molar-refractivity contribution is -0.154. The first-order valence-electron chi connectivity index (χ1n) is 6.28. The van der Waals surface area contributed by atoms with Gasteiger partial charge in [0.25, 0.3) is 0 Å². The van der Waals surface area contributed by atoms with E-state index in [9.17, 15) is 4.39 Å². The number of halogens is 1. The molecule has 0 radical (unpaired) electrons. The van der Waals surface area contributed by atoms with Gasteiger partial charge in [-0.1, -0.05) is 24.0 Å². The molecule has 1 heterocycles. The van der Waals surface area contributed by atoms with Gasteiger partial charge >= 0.3 is 0 Å². The molecule has 1 atom stereocenters. The Kier molecular flexibility index (Phi) is 5.19. The van der Waals surface area contributed by atoms with Crippen molar-refractivity contribution in [2.75, 3.05) is 13.2 Å². The van der Waals surface area contributed by atoms with Crippen LogP contribution in [0, 0.1) is 17.7 Å². The predicted molar refractivity (Wildman–Crippen MR) is 67.4 cm³/mol. The second-order valence-electron chi connectivity index (χ2n) is 4.26. The lowest BCUT2D eigenvalue weighted by atomic mass is 10.1. The summed E-state index contributed by atoms with van der Waals surface area (Å²) in [5.74, 6) is 5.74. The van der Waals surface area contributed by atoms with E-state index in [1.165, 1.54) is 12.1 Å². The van der Waals surface area contributed by atoms with Crippen molar-refractivity contribution in [2.24, 2.45) is 0 Å². The maximum absolute atomic E-state index is 12.7. The van der Waals surface area contributed by atoms with Crippen LogP contribution < -0.4 is 0 Å². The van der Waals surface area contributed by atoms with Gasteiger partial charge in [0.2, 0.25) is 0 Å². The van der Waals surface area contributed by atoms with Crippen LogP contribution in [0.4, 0.5) is 4.39 Å². The van der Waals surface area contributed by atoms with Crippen molar-refractivity contribution in [2.45, 2.75) is 32.0 Å². The molecule has 2 nitrogen and oxygen atoms in total. The smallest absolute Gasteiger partial charge is 0.158 e. The SMILES string of the molecule is Fc1ccc(CC#CCOC2CCCCO2)cc1. The summed E-state index contributed by atoms with van der Waals surface area (Å²) in [5.41, 5.74) is 1.01. The van der Waals surface area contributed by atoms with Gasteiger partial charge in [-0.25, -0.2) is 4.39 Å². The Morgan fingerprint density at radius 2 is 2.06 bits per heavy atom. The van der Waals surface area contributed by atoms with E-state index in [0.29, 0.717) is 13.0 Å². The van der Waals surface area contributed by atoms with Gasteiger partial charge in [0.15, 0.2) is 6.29 Å². The lowest BCUT2D eigenvalue weighted by Crippen LogP contribution is -2.22. The van der Waals surface area contributed by atoms with Crippen LogP contribution >= 0.6 is 0 Å². The number of ether oxygens (including phenoxy) is 2. The van der Waals surface area contributed by atoms with Crippen LogP contribution in [0.2, 0.25) is 0 Å². The quantitative estimate of drug-likeness (QED) is 0.766. The summed E-state index contributed by atoms with van der Waals surface area (Å²) in [4.78, 5) is 0. The van der Waals surface area contributed by atoms with Gasteiger partial charge in [0.1, 0.15) is 12.4 Å². The van der Waals surface area contributed by atoms with Gasteiger partial charge in [-0.05, 0) is 37.0 Å².